The highest BCUT2D eigenvalue weighted by molar-refractivity contribution is 7.87. The molecule has 0 bridgehead atoms. The fourth-order valence-electron chi connectivity index (χ4n) is 14.8. The third-order valence-electron chi connectivity index (χ3n) is 21.2. The van der Waals surface area contributed by atoms with E-state index in [0.717, 1.165) is 36.4 Å². The summed E-state index contributed by atoms with van der Waals surface area (Å²) in [4.78, 5) is 25.9. The van der Waals surface area contributed by atoms with Crippen LogP contribution in [0.2, 0.25) is 24.2 Å². The average molecular weight is 2080 g/mol. The molecule has 0 aliphatic heterocycles. The summed E-state index contributed by atoms with van der Waals surface area (Å²) in [7, 11) is -40.5. The first-order valence-corrected chi connectivity index (χ1v) is 57.7. The summed E-state index contributed by atoms with van der Waals surface area (Å²) in [5, 5.41) is 51.2. The van der Waals surface area contributed by atoms with Gasteiger partial charge in [-0.15, -0.1) is 20.5 Å². The zero-order valence-corrected chi connectivity index (χ0v) is 83.1. The molecule has 0 saturated carbocycles. The summed E-state index contributed by atoms with van der Waals surface area (Å²) >= 11 is 0. The molecule has 0 amide bonds. The van der Waals surface area contributed by atoms with Gasteiger partial charge in [0.25, 0.3) is 60.7 Å². The Morgan fingerprint density at radius 2 is 0.693 bits per heavy atom. The molecule has 16 N–H and O–H groups in total. The van der Waals surface area contributed by atoms with E-state index in [4.69, 9.17) is 70.3 Å². The van der Waals surface area contributed by atoms with Crippen molar-refractivity contribution in [1.29, 1.82) is 0 Å². The number of anilines is 10. The molecule has 2 heterocycles. The van der Waals surface area contributed by atoms with Gasteiger partial charge in [0.1, 0.15) is 42.3 Å². The van der Waals surface area contributed by atoms with E-state index in [1.165, 1.54) is 91.2 Å². The van der Waals surface area contributed by atoms with E-state index in [1.807, 2.05) is 0 Å². The van der Waals surface area contributed by atoms with Crippen LogP contribution in [-0.4, -0.2) is 235 Å². The smallest absolute Gasteiger partial charge is 0.493 e. The van der Waals surface area contributed by atoms with E-state index in [1.54, 1.807) is 96.4 Å². The maximum atomic E-state index is 13.3. The number of phenols is 2. The first kappa shape index (κ1) is 105. The number of hydrogen-bond acceptors (Lipinski definition) is 41. The van der Waals surface area contributed by atoms with Crippen molar-refractivity contribution in [3.63, 3.8) is 0 Å². The Hall–Kier alpha value is -11.3. The third kappa shape index (κ3) is 24.5. The topological polar surface area (TPSA) is 683 Å². The Morgan fingerprint density at radius 3 is 1.03 bits per heavy atom. The molecular weight excluding hydrogens is 1980 g/mol. The van der Waals surface area contributed by atoms with Crippen LogP contribution >= 0.6 is 0 Å². The lowest BCUT2D eigenvalue weighted by Crippen LogP contribution is -2.66. The summed E-state index contributed by atoms with van der Waals surface area (Å²) in [5.41, 5.74) is 9.48. The highest BCUT2D eigenvalue weighted by Gasteiger charge is 2.61. The maximum absolute atomic E-state index is 13.3. The summed E-state index contributed by atoms with van der Waals surface area (Å²) in [6, 6.07) is 39.1. The second-order valence-electron chi connectivity index (χ2n) is 29.9. The molecule has 0 aliphatic rings. The van der Waals surface area contributed by atoms with Gasteiger partial charge in [-0.05, 0) is 147 Å². The van der Waals surface area contributed by atoms with Gasteiger partial charge < -0.3 is 91.6 Å². The lowest BCUT2D eigenvalue weighted by Gasteiger charge is -2.43. The number of nitrogens with zero attached hydrogens (tertiary/aromatic N) is 12. The van der Waals surface area contributed by atoms with E-state index < -0.39 is 198 Å². The first-order valence-electron chi connectivity index (χ1n) is 41.3. The van der Waals surface area contributed by atoms with E-state index in [9.17, 15) is 88.0 Å². The van der Waals surface area contributed by atoms with Gasteiger partial charge in [-0.25, -0.2) is 0 Å². The van der Waals surface area contributed by atoms with Crippen LogP contribution in [0.4, 0.5) is 81.2 Å². The summed E-state index contributed by atoms with van der Waals surface area (Å²) in [5.74, 6) is -3.46. The van der Waals surface area contributed by atoms with Crippen LogP contribution in [0.1, 0.15) is 39.5 Å². The molecule has 47 nitrogen and oxygen atoms in total. The van der Waals surface area contributed by atoms with Gasteiger partial charge >= 0.3 is 35.2 Å². The number of azo groups is 2. The van der Waals surface area contributed by atoms with Crippen molar-refractivity contribution in [3.8, 4) is 11.5 Å². The maximum Gasteiger partial charge on any atom is 0.493 e. The number of para-hydroxylation sites is 2. The molecule has 0 aliphatic carbocycles. The molecule has 732 valence electrons. The molecule has 137 heavy (non-hydrogen) atoms. The Kier molecular flexibility index (Phi) is 33.2. The molecule has 57 heteroatoms. The van der Waals surface area contributed by atoms with Crippen LogP contribution in [0.25, 0.3) is 43.1 Å². The molecule has 1 unspecified atom stereocenters. The Bertz CT molecular complexity index is 7300. The van der Waals surface area contributed by atoms with Crippen molar-refractivity contribution >= 4 is 220 Å². The standard InChI is InChI=1S/C80H96N18O29S6Si4/c1-9-97(55-27-13-11-14-28-55)79-89-75(87-77(91-79)85-63-49-57(128(101,102)103)45-53-47-65(130(107,108)109)69(71(99)67(53)63)95-93-61-35-33-51-25-17-19-31-59(51)73(61)132(113,114)115)83-39-23-43-135(121-5,122-6)126-136(123-7,42-22-38-82)127-137(124-8,125-134(119-3,120-4)41-21-37-81)44-24-40-84-76-88-78(92-80(90-76)98(10-2)56-29-15-12-16-30-56)86-64-50-58(129(104,105)106)46-54-48-66(131(110,111)112)70(72(100)68(54)64)96-94-62-36-34-52-26-18-20-32-60(52)74(62)133(116,117)118/h11-20,25-36,45-50,99-100H,9-10,21-24,37-44,81-82H2,1-8H3,(H,101,102,103)(H,104,105,106)(H,107,108,109)(H,110,111,112)(H,113,114,115)(H,116,117,118)(H2,83,85,87,89,91)(H2,84,86,88,90,92)/t136-,137?/m0/s1. The summed E-state index contributed by atoms with van der Waals surface area (Å²) in [6.45, 7) is 4.08. The van der Waals surface area contributed by atoms with Gasteiger partial charge in [-0.1, -0.05) is 97.1 Å². The van der Waals surface area contributed by atoms with Crippen molar-refractivity contribution in [2.75, 3.05) is 113 Å². The fourth-order valence-corrected chi connectivity index (χ4v) is 34.8. The first-order chi connectivity index (χ1) is 64.9. The zero-order chi connectivity index (χ0) is 99.4. The Balaban J connectivity index is 0.869. The lowest BCUT2D eigenvalue weighted by molar-refractivity contribution is 0.0607. The second-order valence-corrected chi connectivity index (χ2v) is 50.6. The van der Waals surface area contributed by atoms with E-state index in [-0.39, 0.29) is 123 Å². The molecule has 2 atom stereocenters. The van der Waals surface area contributed by atoms with Crippen molar-refractivity contribution in [3.05, 3.63) is 170 Å². The molecule has 0 fully saturated rings. The van der Waals surface area contributed by atoms with Gasteiger partial charge in [0.15, 0.2) is 11.5 Å². The summed E-state index contributed by atoms with van der Waals surface area (Å²) in [6.07, 6.45) is 0.659. The van der Waals surface area contributed by atoms with E-state index >= 15 is 0 Å². The predicted octanol–water partition coefficient (Wildman–Crippen LogP) is 12.9. The minimum atomic E-state index is -5.48. The number of aromatic nitrogens is 6. The van der Waals surface area contributed by atoms with E-state index in [0.29, 0.717) is 40.7 Å². The largest absolute Gasteiger partial charge is 0.505 e. The normalized spacial score (nSPS) is 13.7. The van der Waals surface area contributed by atoms with Gasteiger partial charge in [0.2, 0.25) is 35.7 Å². The number of aromatic hydroxyl groups is 2. The highest BCUT2D eigenvalue weighted by atomic mass is 32.2. The average Bonchev–Trinajstić information content (AvgIpc) is 0.742. The predicted molar refractivity (Wildman–Crippen MR) is 512 cm³/mol. The van der Waals surface area contributed by atoms with Crippen LogP contribution in [0.3, 0.4) is 0 Å². The quantitative estimate of drug-likeness (QED) is 0.00729. The van der Waals surface area contributed by atoms with Crippen molar-refractivity contribution < 1.29 is 127 Å². The molecule has 0 saturated heterocycles. The Morgan fingerprint density at radius 1 is 0.365 bits per heavy atom. The molecule has 10 aromatic carbocycles. The highest BCUT2D eigenvalue weighted by Crippen LogP contribution is 2.50. The molecule has 0 spiro atoms. The van der Waals surface area contributed by atoms with Crippen LogP contribution in [-0.2, 0) is 99.6 Å². The van der Waals surface area contributed by atoms with Crippen molar-refractivity contribution in [1.82, 2.24) is 29.9 Å². The SMILES string of the molecule is CCN(c1ccccc1)c1nc(NCCC[Si](OC)(OC)O[Si@](CCCN)(OC)O[Si](CCCNc2nc(Nc3cc(S(=O)(=O)O)cc4cc(S(=O)(=O)O)c(N=Nc5ccc6ccccc6c5S(=O)(=O)O)c(O)c34)nc(N(CC)c3ccccc3)n2)(OC)O[Si](CCCN)(OC)OC)nc(Nc2cc(S(=O)(=O)O)cc3cc(S(=O)(=O)O)c(N=Nc4ccc5ccccc5c4S(=O)(=O)O)c(O)c23)n1. The Labute approximate surface area is 791 Å². The number of hydrogen-bond donors (Lipinski definition) is 14. The van der Waals surface area contributed by atoms with Crippen LogP contribution < -0.4 is 42.5 Å². The zero-order valence-electron chi connectivity index (χ0n) is 74.2. The van der Waals surface area contributed by atoms with Crippen molar-refractivity contribution in [2.45, 2.75) is 93.1 Å². The number of rotatable bonds is 48. The number of phenolic OH excluding ortho intramolecular Hbond substituents is 2. The number of fused-ring (bicyclic) bond motifs is 4. The molecule has 12 rings (SSSR count). The molecule has 0 radical (unpaired) electrons. The number of nitrogens with two attached hydrogens (primary N) is 2. The molecular formula is C80H96N18O29S6Si4. The lowest BCUT2D eigenvalue weighted by atomic mass is 10.1. The third-order valence-corrected chi connectivity index (χ3v) is 41.5. The molecule has 12 aromatic rings. The van der Waals surface area contributed by atoms with Crippen LogP contribution in [0.15, 0.2) is 220 Å². The fraction of sp³-hybridized carbons (Fsp3) is 0.275. The minimum Gasteiger partial charge on any atom is -0.505 e. The second kappa shape index (κ2) is 43.4. The van der Waals surface area contributed by atoms with Crippen LogP contribution in [0, 0.1) is 0 Å². The monoisotopic (exact) mass is 2080 g/mol. The van der Waals surface area contributed by atoms with Gasteiger partial charge in [-0.2, -0.15) is 80.4 Å². The summed E-state index contributed by atoms with van der Waals surface area (Å²) < 4.78 is 280. The number of nitrogens with one attached hydrogen (secondary N) is 4. The van der Waals surface area contributed by atoms with Gasteiger partial charge in [-0.3, -0.25) is 27.3 Å². The van der Waals surface area contributed by atoms with Gasteiger partial charge in [0.05, 0.1) is 21.2 Å². The molecule has 2 aromatic heterocycles. The van der Waals surface area contributed by atoms with Crippen LogP contribution in [0.5, 0.6) is 11.5 Å². The minimum absolute atomic E-state index is 0.0245. The van der Waals surface area contributed by atoms with E-state index in [2.05, 4.69) is 51.7 Å². The van der Waals surface area contributed by atoms with Gasteiger partial charge in [0, 0.05) is 126 Å². The number of benzene rings is 10. The van der Waals surface area contributed by atoms with Crippen molar-refractivity contribution in [2.24, 2.45) is 31.9 Å².